The van der Waals surface area contributed by atoms with Gasteiger partial charge in [0.15, 0.2) is 0 Å². The summed E-state index contributed by atoms with van der Waals surface area (Å²) in [6.45, 7) is 3.54. The molecule has 0 aromatic carbocycles. The average molecular weight is 213 g/mol. The summed E-state index contributed by atoms with van der Waals surface area (Å²) in [5.74, 6) is 0. The third-order valence-corrected chi connectivity index (χ3v) is 1.95. The van der Waals surface area contributed by atoms with Crippen molar-refractivity contribution in [3.05, 3.63) is 18.0 Å². The van der Waals surface area contributed by atoms with Crippen molar-refractivity contribution in [3.8, 4) is 0 Å². The second-order valence-corrected chi connectivity index (χ2v) is 3.21. The predicted octanol–water partition coefficient (Wildman–Crippen LogP) is 0.266. The fourth-order valence-electron chi connectivity index (χ4n) is 1.21. The second-order valence-electron chi connectivity index (χ2n) is 3.21. The van der Waals surface area contributed by atoms with Crippen molar-refractivity contribution in [2.24, 2.45) is 0 Å². The van der Waals surface area contributed by atoms with Gasteiger partial charge in [-0.25, -0.2) is 0 Å². The van der Waals surface area contributed by atoms with E-state index in [4.69, 9.17) is 9.47 Å². The van der Waals surface area contributed by atoms with Gasteiger partial charge < -0.3 is 14.8 Å². The van der Waals surface area contributed by atoms with Gasteiger partial charge in [-0.1, -0.05) is 0 Å². The molecule has 0 aliphatic heterocycles. The molecule has 15 heavy (non-hydrogen) atoms. The van der Waals surface area contributed by atoms with Crippen LogP contribution in [-0.4, -0.2) is 43.8 Å². The van der Waals surface area contributed by atoms with Crippen molar-refractivity contribution < 1.29 is 9.47 Å². The van der Waals surface area contributed by atoms with Gasteiger partial charge in [0, 0.05) is 19.9 Å². The van der Waals surface area contributed by atoms with Crippen LogP contribution in [0.4, 0.5) is 0 Å². The third-order valence-electron chi connectivity index (χ3n) is 1.95. The van der Waals surface area contributed by atoms with Crippen LogP contribution in [-0.2, 0) is 22.6 Å². The first-order valence-electron chi connectivity index (χ1n) is 5.10. The molecule has 0 aliphatic carbocycles. The van der Waals surface area contributed by atoms with Crippen LogP contribution in [0.3, 0.4) is 0 Å². The summed E-state index contributed by atoms with van der Waals surface area (Å²) in [7, 11) is 3.58. The summed E-state index contributed by atoms with van der Waals surface area (Å²) in [4.78, 5) is 0. The van der Waals surface area contributed by atoms with E-state index in [1.54, 1.807) is 7.11 Å². The van der Waals surface area contributed by atoms with Gasteiger partial charge >= 0.3 is 0 Å². The summed E-state index contributed by atoms with van der Waals surface area (Å²) in [5, 5.41) is 7.42. The first-order valence-corrected chi connectivity index (χ1v) is 5.10. The number of hydrogen-bond acceptors (Lipinski definition) is 4. The highest BCUT2D eigenvalue weighted by molar-refractivity contribution is 4.97. The third kappa shape index (κ3) is 4.92. The van der Waals surface area contributed by atoms with E-state index >= 15 is 0 Å². The molecule has 1 heterocycles. The molecular weight excluding hydrogens is 194 g/mol. The van der Waals surface area contributed by atoms with Gasteiger partial charge in [-0.2, -0.15) is 5.10 Å². The van der Waals surface area contributed by atoms with E-state index in [2.05, 4.69) is 10.4 Å². The SMILES string of the molecule is CNCc1ccn(CCOCCOC)n1. The Morgan fingerprint density at radius 3 is 3.00 bits per heavy atom. The Kier molecular flexibility index (Phi) is 5.99. The maximum Gasteiger partial charge on any atom is 0.0762 e. The molecule has 1 aromatic heterocycles. The second kappa shape index (κ2) is 7.39. The van der Waals surface area contributed by atoms with Crippen LogP contribution < -0.4 is 5.32 Å². The van der Waals surface area contributed by atoms with Crippen molar-refractivity contribution in [2.75, 3.05) is 34.0 Å². The minimum Gasteiger partial charge on any atom is -0.382 e. The highest BCUT2D eigenvalue weighted by Gasteiger charge is 1.97. The molecule has 0 atom stereocenters. The molecule has 1 aromatic rings. The van der Waals surface area contributed by atoms with E-state index in [-0.39, 0.29) is 0 Å². The van der Waals surface area contributed by atoms with E-state index in [0.29, 0.717) is 19.8 Å². The van der Waals surface area contributed by atoms with E-state index in [9.17, 15) is 0 Å². The number of methoxy groups -OCH3 is 1. The average Bonchev–Trinajstić information content (AvgIpc) is 2.66. The first kappa shape index (κ1) is 12.2. The molecule has 1 rings (SSSR count). The monoisotopic (exact) mass is 213 g/mol. The summed E-state index contributed by atoms with van der Waals surface area (Å²) in [6.07, 6.45) is 1.96. The van der Waals surface area contributed by atoms with Crippen LogP contribution in [0.25, 0.3) is 0 Å². The smallest absolute Gasteiger partial charge is 0.0762 e. The molecule has 86 valence electrons. The number of rotatable bonds is 8. The molecule has 0 saturated carbocycles. The molecule has 0 spiro atoms. The lowest BCUT2D eigenvalue weighted by atomic mass is 10.4. The standard InChI is InChI=1S/C10H19N3O2/c1-11-9-10-3-4-13(12-10)5-6-15-8-7-14-2/h3-4,11H,5-9H2,1-2H3. The zero-order valence-corrected chi connectivity index (χ0v) is 9.40. The van der Waals surface area contributed by atoms with Crippen LogP contribution in [0, 0.1) is 0 Å². The molecule has 0 bridgehead atoms. The number of nitrogens with one attached hydrogen (secondary N) is 1. The summed E-state index contributed by atoms with van der Waals surface area (Å²) in [6, 6.07) is 2.01. The number of ether oxygens (including phenoxy) is 2. The minimum absolute atomic E-state index is 0.640. The van der Waals surface area contributed by atoms with Crippen LogP contribution in [0.15, 0.2) is 12.3 Å². The molecule has 0 saturated heterocycles. The lowest BCUT2D eigenvalue weighted by Gasteiger charge is -2.03. The lowest BCUT2D eigenvalue weighted by molar-refractivity contribution is 0.0654. The molecule has 0 amide bonds. The summed E-state index contributed by atoms with van der Waals surface area (Å²) < 4.78 is 12.1. The van der Waals surface area contributed by atoms with Gasteiger partial charge in [-0.15, -0.1) is 0 Å². The molecule has 0 aliphatic rings. The van der Waals surface area contributed by atoms with Gasteiger partial charge in [0.1, 0.15) is 0 Å². The van der Waals surface area contributed by atoms with Crippen LogP contribution in [0.2, 0.25) is 0 Å². The molecular formula is C10H19N3O2. The maximum atomic E-state index is 5.35. The largest absolute Gasteiger partial charge is 0.382 e. The van der Waals surface area contributed by atoms with Crippen molar-refractivity contribution >= 4 is 0 Å². The van der Waals surface area contributed by atoms with Crippen molar-refractivity contribution in [3.63, 3.8) is 0 Å². The Morgan fingerprint density at radius 2 is 2.27 bits per heavy atom. The first-order chi connectivity index (χ1) is 7.36. The molecule has 5 nitrogen and oxygen atoms in total. The zero-order chi connectivity index (χ0) is 10.9. The Balaban J connectivity index is 2.14. The number of aromatic nitrogens is 2. The zero-order valence-electron chi connectivity index (χ0n) is 9.40. The number of nitrogens with zero attached hydrogens (tertiary/aromatic N) is 2. The Hall–Kier alpha value is -0.910. The summed E-state index contributed by atoms with van der Waals surface area (Å²) in [5.41, 5.74) is 1.05. The van der Waals surface area contributed by atoms with Gasteiger partial charge in [0.05, 0.1) is 32.1 Å². The van der Waals surface area contributed by atoms with E-state index < -0.39 is 0 Å². The molecule has 5 heteroatoms. The quantitative estimate of drug-likeness (QED) is 0.630. The molecule has 0 fully saturated rings. The van der Waals surface area contributed by atoms with Crippen LogP contribution >= 0.6 is 0 Å². The van der Waals surface area contributed by atoms with E-state index in [1.807, 2.05) is 24.0 Å². The predicted molar refractivity (Wildman–Crippen MR) is 57.7 cm³/mol. The van der Waals surface area contributed by atoms with E-state index in [1.165, 1.54) is 0 Å². The van der Waals surface area contributed by atoms with Gasteiger partial charge in [0.25, 0.3) is 0 Å². The molecule has 0 radical (unpaired) electrons. The van der Waals surface area contributed by atoms with Crippen LogP contribution in [0.5, 0.6) is 0 Å². The minimum atomic E-state index is 0.640. The molecule has 1 N–H and O–H groups in total. The Morgan fingerprint density at radius 1 is 1.40 bits per heavy atom. The lowest BCUT2D eigenvalue weighted by Crippen LogP contribution is -2.11. The maximum absolute atomic E-state index is 5.35. The van der Waals surface area contributed by atoms with Gasteiger partial charge in [-0.3, -0.25) is 4.68 Å². The fraction of sp³-hybridized carbons (Fsp3) is 0.700. The Bertz CT molecular complexity index is 263. The summed E-state index contributed by atoms with van der Waals surface area (Å²) >= 11 is 0. The number of hydrogen-bond donors (Lipinski definition) is 1. The fourth-order valence-corrected chi connectivity index (χ4v) is 1.21. The topological polar surface area (TPSA) is 48.3 Å². The van der Waals surface area contributed by atoms with Crippen molar-refractivity contribution in [2.45, 2.75) is 13.1 Å². The van der Waals surface area contributed by atoms with Gasteiger partial charge in [-0.05, 0) is 13.1 Å². The highest BCUT2D eigenvalue weighted by Crippen LogP contribution is 1.94. The van der Waals surface area contributed by atoms with Crippen molar-refractivity contribution in [1.29, 1.82) is 0 Å². The van der Waals surface area contributed by atoms with Gasteiger partial charge in [0.2, 0.25) is 0 Å². The van der Waals surface area contributed by atoms with Crippen LogP contribution in [0.1, 0.15) is 5.69 Å². The molecule has 0 unspecified atom stereocenters. The Labute approximate surface area is 90.4 Å². The van der Waals surface area contributed by atoms with Crippen molar-refractivity contribution in [1.82, 2.24) is 15.1 Å². The van der Waals surface area contributed by atoms with E-state index in [0.717, 1.165) is 18.8 Å². The highest BCUT2D eigenvalue weighted by atomic mass is 16.5. The normalized spacial score (nSPS) is 10.8.